The fourth-order valence-corrected chi connectivity index (χ4v) is 1.50. The first-order valence-electron chi connectivity index (χ1n) is 4.16. The zero-order valence-corrected chi connectivity index (χ0v) is 7.28. The molecule has 0 N–H and O–H groups in total. The Hall–Kier alpha value is 0.310. The number of hydrogen-bond donors (Lipinski definition) is 1. The van der Waals surface area contributed by atoms with Crippen molar-refractivity contribution < 1.29 is 4.74 Å². The molecule has 1 saturated carbocycles. The van der Waals surface area contributed by atoms with Gasteiger partial charge in [-0.2, -0.15) is 12.6 Å². The Morgan fingerprint density at radius 3 is 2.60 bits per heavy atom. The highest BCUT2D eigenvalue weighted by Crippen LogP contribution is 2.20. The van der Waals surface area contributed by atoms with Crippen molar-refractivity contribution in [3.8, 4) is 0 Å². The maximum Gasteiger partial charge on any atom is 0.0575 e. The van der Waals surface area contributed by atoms with Gasteiger partial charge in [-0.3, -0.25) is 0 Å². The Kier molecular flexibility index (Phi) is 4.23. The fraction of sp³-hybridized carbons (Fsp3) is 1.00. The Balaban J connectivity index is 1.91. The third-order valence-corrected chi connectivity index (χ3v) is 2.27. The summed E-state index contributed by atoms with van der Waals surface area (Å²) in [5.41, 5.74) is 0. The Morgan fingerprint density at radius 1 is 1.30 bits per heavy atom. The molecular weight excluding hydrogens is 144 g/mol. The molecule has 1 fully saturated rings. The van der Waals surface area contributed by atoms with E-state index in [1.54, 1.807) is 0 Å². The van der Waals surface area contributed by atoms with E-state index in [1.807, 2.05) is 0 Å². The molecule has 0 bridgehead atoms. The third-order valence-electron chi connectivity index (χ3n) is 1.96. The van der Waals surface area contributed by atoms with Crippen LogP contribution >= 0.6 is 12.6 Å². The van der Waals surface area contributed by atoms with Crippen LogP contribution in [0.1, 0.15) is 32.1 Å². The summed E-state index contributed by atoms with van der Waals surface area (Å²) >= 11 is 4.12. The number of thiol groups is 1. The number of hydrogen-bond acceptors (Lipinski definition) is 2. The molecule has 2 heteroatoms. The van der Waals surface area contributed by atoms with E-state index in [4.69, 9.17) is 4.74 Å². The van der Waals surface area contributed by atoms with E-state index in [0.29, 0.717) is 6.10 Å². The standard InChI is InChI=1S/C8H16OS/c10-7-3-6-9-8-4-1-2-5-8/h8,10H,1-7H2. The zero-order chi connectivity index (χ0) is 7.23. The summed E-state index contributed by atoms with van der Waals surface area (Å²) < 4.78 is 5.59. The maximum atomic E-state index is 5.59. The summed E-state index contributed by atoms with van der Waals surface area (Å²) in [6.07, 6.45) is 6.98. The molecule has 0 amide bonds. The fourth-order valence-electron chi connectivity index (χ4n) is 1.37. The van der Waals surface area contributed by atoms with Crippen molar-refractivity contribution in [3.63, 3.8) is 0 Å². The molecule has 10 heavy (non-hydrogen) atoms. The lowest BCUT2D eigenvalue weighted by Gasteiger charge is -2.09. The molecule has 0 saturated heterocycles. The largest absolute Gasteiger partial charge is 0.378 e. The summed E-state index contributed by atoms with van der Waals surface area (Å²) in [6.45, 7) is 0.911. The molecule has 0 aromatic carbocycles. The van der Waals surface area contributed by atoms with Gasteiger partial charge in [0, 0.05) is 6.61 Å². The molecule has 0 atom stereocenters. The van der Waals surface area contributed by atoms with E-state index < -0.39 is 0 Å². The summed E-state index contributed by atoms with van der Waals surface area (Å²) in [4.78, 5) is 0. The van der Waals surface area contributed by atoms with Gasteiger partial charge in [0.15, 0.2) is 0 Å². The van der Waals surface area contributed by atoms with E-state index in [0.717, 1.165) is 18.8 Å². The van der Waals surface area contributed by atoms with Crippen molar-refractivity contribution in [2.24, 2.45) is 0 Å². The van der Waals surface area contributed by atoms with Crippen LogP contribution in [0.5, 0.6) is 0 Å². The highest BCUT2D eigenvalue weighted by Gasteiger charge is 2.14. The lowest BCUT2D eigenvalue weighted by atomic mass is 10.3. The van der Waals surface area contributed by atoms with Crippen LogP contribution in [0.25, 0.3) is 0 Å². The van der Waals surface area contributed by atoms with Crippen LogP contribution in [0, 0.1) is 0 Å². The first kappa shape index (κ1) is 8.41. The molecule has 60 valence electrons. The van der Waals surface area contributed by atoms with Gasteiger partial charge in [-0.1, -0.05) is 12.8 Å². The van der Waals surface area contributed by atoms with E-state index in [1.165, 1.54) is 25.7 Å². The molecule has 0 radical (unpaired) electrons. The van der Waals surface area contributed by atoms with Gasteiger partial charge in [0.1, 0.15) is 0 Å². The molecular formula is C8H16OS. The van der Waals surface area contributed by atoms with E-state index in [9.17, 15) is 0 Å². The summed E-state index contributed by atoms with van der Waals surface area (Å²) in [5, 5.41) is 0. The Labute approximate surface area is 68.6 Å². The minimum Gasteiger partial charge on any atom is -0.378 e. The molecule has 0 aromatic heterocycles. The van der Waals surface area contributed by atoms with Crippen molar-refractivity contribution in [2.75, 3.05) is 12.4 Å². The minimum absolute atomic E-state index is 0.583. The van der Waals surface area contributed by atoms with Gasteiger partial charge in [-0.25, -0.2) is 0 Å². The second-order valence-corrected chi connectivity index (χ2v) is 3.30. The van der Waals surface area contributed by atoms with Crippen LogP contribution in [0.15, 0.2) is 0 Å². The van der Waals surface area contributed by atoms with Crippen LogP contribution in [0.2, 0.25) is 0 Å². The number of ether oxygens (including phenoxy) is 1. The lowest BCUT2D eigenvalue weighted by Crippen LogP contribution is -2.08. The van der Waals surface area contributed by atoms with Gasteiger partial charge in [0.2, 0.25) is 0 Å². The third kappa shape index (κ3) is 2.93. The van der Waals surface area contributed by atoms with Gasteiger partial charge >= 0.3 is 0 Å². The molecule has 0 unspecified atom stereocenters. The molecule has 0 spiro atoms. The summed E-state index contributed by atoms with van der Waals surface area (Å²) in [6, 6.07) is 0. The van der Waals surface area contributed by atoms with Crippen LogP contribution in [0.4, 0.5) is 0 Å². The first-order chi connectivity index (χ1) is 4.93. The normalized spacial score (nSPS) is 20.1. The molecule has 1 rings (SSSR count). The van der Waals surface area contributed by atoms with Gasteiger partial charge in [-0.05, 0) is 25.0 Å². The average Bonchev–Trinajstić information content (AvgIpc) is 2.41. The first-order valence-corrected chi connectivity index (χ1v) is 4.79. The summed E-state index contributed by atoms with van der Waals surface area (Å²) in [5.74, 6) is 0.951. The maximum absolute atomic E-state index is 5.59. The van der Waals surface area contributed by atoms with Crippen LogP contribution in [-0.2, 0) is 4.74 Å². The van der Waals surface area contributed by atoms with Crippen LogP contribution < -0.4 is 0 Å². The zero-order valence-electron chi connectivity index (χ0n) is 6.38. The SMILES string of the molecule is SCCCOC1CCCC1. The van der Waals surface area contributed by atoms with Crippen LogP contribution in [0.3, 0.4) is 0 Å². The molecule has 1 nitrogen and oxygen atoms in total. The number of rotatable bonds is 4. The monoisotopic (exact) mass is 160 g/mol. The Bertz CT molecular complexity index is 79.3. The van der Waals surface area contributed by atoms with E-state index in [2.05, 4.69) is 12.6 Å². The van der Waals surface area contributed by atoms with Crippen molar-refractivity contribution in [3.05, 3.63) is 0 Å². The highest BCUT2D eigenvalue weighted by atomic mass is 32.1. The molecule has 1 aliphatic carbocycles. The quantitative estimate of drug-likeness (QED) is 0.490. The van der Waals surface area contributed by atoms with Gasteiger partial charge in [0.25, 0.3) is 0 Å². The van der Waals surface area contributed by atoms with Crippen molar-refractivity contribution in [2.45, 2.75) is 38.2 Å². The molecule has 0 aromatic rings. The Morgan fingerprint density at radius 2 is 2.00 bits per heavy atom. The van der Waals surface area contributed by atoms with Crippen molar-refractivity contribution in [1.29, 1.82) is 0 Å². The molecule has 0 aliphatic heterocycles. The van der Waals surface area contributed by atoms with Gasteiger partial charge < -0.3 is 4.74 Å². The summed E-state index contributed by atoms with van der Waals surface area (Å²) in [7, 11) is 0. The van der Waals surface area contributed by atoms with Crippen LogP contribution in [-0.4, -0.2) is 18.5 Å². The van der Waals surface area contributed by atoms with Gasteiger partial charge in [0.05, 0.1) is 6.10 Å². The minimum atomic E-state index is 0.583. The second kappa shape index (κ2) is 5.03. The molecule has 0 heterocycles. The van der Waals surface area contributed by atoms with Crippen molar-refractivity contribution >= 4 is 12.6 Å². The molecule has 1 aliphatic rings. The highest BCUT2D eigenvalue weighted by molar-refractivity contribution is 7.80. The lowest BCUT2D eigenvalue weighted by molar-refractivity contribution is 0.0594. The van der Waals surface area contributed by atoms with Gasteiger partial charge in [-0.15, -0.1) is 0 Å². The van der Waals surface area contributed by atoms with E-state index >= 15 is 0 Å². The second-order valence-electron chi connectivity index (χ2n) is 2.85. The topological polar surface area (TPSA) is 9.23 Å². The predicted octanol–water partition coefficient (Wildman–Crippen LogP) is 2.27. The van der Waals surface area contributed by atoms with E-state index in [-0.39, 0.29) is 0 Å². The average molecular weight is 160 g/mol. The van der Waals surface area contributed by atoms with Crippen molar-refractivity contribution in [1.82, 2.24) is 0 Å². The smallest absolute Gasteiger partial charge is 0.0575 e. The predicted molar refractivity (Wildman–Crippen MR) is 46.7 cm³/mol.